The van der Waals surface area contributed by atoms with E-state index in [4.69, 9.17) is 10.8 Å². The van der Waals surface area contributed by atoms with Crippen molar-refractivity contribution in [2.75, 3.05) is 6.54 Å². The molecule has 0 fully saturated rings. The molecular weight excluding hydrogens is 765 g/mol. The van der Waals surface area contributed by atoms with Crippen LogP contribution < -0.4 is 27.0 Å². The number of para-hydroxylation sites is 1. The molecule has 0 saturated heterocycles. The Labute approximate surface area is 352 Å². The van der Waals surface area contributed by atoms with E-state index in [2.05, 4.69) is 40.1 Å². The topological polar surface area (TPSA) is 236 Å². The van der Waals surface area contributed by atoms with E-state index in [9.17, 15) is 34.2 Å². The normalized spacial score (nSPS) is 12.2. The number of hydrogen-bond acceptors (Lipinski definition) is 8. The number of phenols is 2. The van der Waals surface area contributed by atoms with Crippen molar-refractivity contribution < 1.29 is 39.3 Å². The first-order valence-electron chi connectivity index (χ1n) is 20.0. The number of phenolic OH excluding ortho intramolecular Hbond substituents is 2. The first-order valence-corrected chi connectivity index (χ1v) is 20.0. The van der Waals surface area contributed by atoms with E-state index in [1.807, 2.05) is 87.5 Å². The summed E-state index contributed by atoms with van der Waals surface area (Å²) in [5.74, 6) is -2.95. The number of fused-ring (bicyclic) bond motifs is 1. The molecule has 322 valence electrons. The third-order valence-electron chi connectivity index (χ3n) is 8.53. The van der Waals surface area contributed by atoms with Crippen molar-refractivity contribution in [2.24, 2.45) is 5.73 Å². The fraction of sp³-hybridized carbons (Fsp3) is 0.326. The Morgan fingerprint density at radius 2 is 1.20 bits per heavy atom. The summed E-state index contributed by atoms with van der Waals surface area (Å²) >= 11 is 0. The first kappa shape index (κ1) is 49.5. The minimum atomic E-state index is -1.28. The van der Waals surface area contributed by atoms with Crippen LogP contribution in [0.1, 0.15) is 63.3 Å². The molecule has 0 saturated carbocycles. The Kier molecular flexibility index (Phi) is 22.3. The van der Waals surface area contributed by atoms with Gasteiger partial charge in [-0.25, -0.2) is 4.79 Å². The Hall–Kier alpha value is -6.67. The molecule has 0 spiro atoms. The average Bonchev–Trinajstić information content (AvgIpc) is 3.65. The second-order valence-corrected chi connectivity index (χ2v) is 13.8. The number of aliphatic carboxylic acids is 1. The van der Waals surface area contributed by atoms with Gasteiger partial charge in [0.15, 0.2) is 0 Å². The van der Waals surface area contributed by atoms with Crippen LogP contribution in [0.4, 0.5) is 0 Å². The summed E-state index contributed by atoms with van der Waals surface area (Å²) in [6.07, 6.45) is 4.48. The maximum atomic E-state index is 13.4. The predicted molar refractivity (Wildman–Crippen MR) is 234 cm³/mol. The van der Waals surface area contributed by atoms with Crippen molar-refractivity contribution in [1.82, 2.24) is 26.3 Å². The molecule has 10 N–H and O–H groups in total. The molecule has 0 aliphatic heterocycles. The standard InChI is InChI=1S/C32H33N5O7.C9H13NO.C3H8.C2H6/c38-19-35-26(14-20-6-2-1-3-7-20)31(42)37-27(16-22-17-33-25-9-5-4-8-24(22)25)30(41)34-18-29(40)36-28(32(43)44)15-21-10-12-23(39)13-11-21;1-7(10)6-8-2-4-9(11)5-3-8;1-3-2;1-2/h1-13,17,19,26-28,33,39H,14-16,18H2,(H,34,41)(H,35,38)(H,36,40)(H,37,42)(H,43,44);2-5,7,11H,6,10H2,1H3;3H2,1-2H3;1-2H3/t26-,27?,28?;;;/m0.../s1. The molecule has 0 aliphatic rings. The van der Waals surface area contributed by atoms with Crippen molar-refractivity contribution in [3.63, 3.8) is 0 Å². The highest BCUT2D eigenvalue weighted by Crippen LogP contribution is 2.19. The Bertz CT molecular complexity index is 2040. The molecule has 60 heavy (non-hydrogen) atoms. The van der Waals surface area contributed by atoms with Crippen molar-refractivity contribution in [1.29, 1.82) is 0 Å². The summed E-state index contributed by atoms with van der Waals surface area (Å²) < 4.78 is 0. The highest BCUT2D eigenvalue weighted by molar-refractivity contribution is 5.94. The van der Waals surface area contributed by atoms with Gasteiger partial charge in [0.1, 0.15) is 29.6 Å². The summed E-state index contributed by atoms with van der Waals surface area (Å²) in [5, 5.41) is 39.0. The fourth-order valence-electron chi connectivity index (χ4n) is 5.77. The maximum absolute atomic E-state index is 13.4. The molecule has 4 aromatic carbocycles. The molecule has 1 heterocycles. The van der Waals surface area contributed by atoms with Crippen LogP contribution in [0.25, 0.3) is 10.9 Å². The van der Waals surface area contributed by atoms with Gasteiger partial charge in [0.05, 0.1) is 6.54 Å². The SMILES string of the molecule is CC.CC(N)Cc1ccc(O)cc1.CCC.O=CN[C@@H](Cc1ccccc1)C(=O)NC(Cc1c[nH]c2ccccc12)C(=O)NCC(=O)NC(Cc1ccc(O)cc1)C(=O)O. The van der Waals surface area contributed by atoms with Gasteiger partial charge in [-0.2, -0.15) is 0 Å². The van der Waals surface area contributed by atoms with E-state index in [1.54, 1.807) is 30.5 Å². The number of aromatic hydroxyl groups is 2. The number of carboxylic acids is 1. The van der Waals surface area contributed by atoms with Gasteiger partial charge < -0.3 is 47.3 Å². The zero-order valence-corrected chi connectivity index (χ0v) is 35.0. The number of benzene rings is 4. The fourth-order valence-corrected chi connectivity index (χ4v) is 5.77. The lowest BCUT2D eigenvalue weighted by atomic mass is 10.0. The zero-order valence-electron chi connectivity index (χ0n) is 35.0. The van der Waals surface area contributed by atoms with E-state index in [1.165, 1.54) is 18.6 Å². The van der Waals surface area contributed by atoms with Crippen molar-refractivity contribution in [2.45, 2.75) is 90.9 Å². The van der Waals surface area contributed by atoms with Crippen molar-refractivity contribution >= 4 is 41.0 Å². The highest BCUT2D eigenvalue weighted by Gasteiger charge is 2.28. The van der Waals surface area contributed by atoms with Gasteiger partial charge in [0.25, 0.3) is 0 Å². The lowest BCUT2D eigenvalue weighted by molar-refractivity contribution is -0.141. The molecule has 1 aromatic heterocycles. The van der Waals surface area contributed by atoms with Crippen LogP contribution in [0.5, 0.6) is 11.5 Å². The molecule has 3 unspecified atom stereocenters. The van der Waals surface area contributed by atoms with Crippen LogP contribution in [0.3, 0.4) is 0 Å². The van der Waals surface area contributed by atoms with Crippen LogP contribution in [-0.4, -0.2) is 81.1 Å². The lowest BCUT2D eigenvalue weighted by Crippen LogP contribution is -2.55. The molecule has 0 bridgehead atoms. The van der Waals surface area contributed by atoms with E-state index in [0.717, 1.165) is 34.0 Å². The minimum absolute atomic E-state index is 0.0231. The number of rotatable bonds is 17. The molecular formula is C46H60N6O8. The number of carboxylic acid groups (broad SMARTS) is 1. The van der Waals surface area contributed by atoms with Crippen LogP contribution >= 0.6 is 0 Å². The van der Waals surface area contributed by atoms with Crippen molar-refractivity contribution in [3.05, 3.63) is 132 Å². The second-order valence-electron chi connectivity index (χ2n) is 13.8. The number of H-pyrrole nitrogens is 1. The summed E-state index contributed by atoms with van der Waals surface area (Å²) in [5.41, 5.74) is 9.73. The number of carbonyl (C=O) groups is 5. The first-order chi connectivity index (χ1) is 28.8. The van der Waals surface area contributed by atoms with Crippen molar-refractivity contribution in [3.8, 4) is 11.5 Å². The molecule has 5 aromatic rings. The third kappa shape index (κ3) is 17.9. The number of aromatic nitrogens is 1. The lowest BCUT2D eigenvalue weighted by Gasteiger charge is -2.22. The van der Waals surface area contributed by atoms with Gasteiger partial charge in [-0.3, -0.25) is 19.2 Å². The number of carbonyl (C=O) groups excluding carboxylic acids is 4. The van der Waals surface area contributed by atoms with Gasteiger partial charge in [0, 0.05) is 42.4 Å². The molecule has 4 amide bonds. The Morgan fingerprint density at radius 3 is 1.75 bits per heavy atom. The van der Waals surface area contributed by atoms with Gasteiger partial charge in [-0.1, -0.05) is 107 Å². The number of nitrogens with two attached hydrogens (primary N) is 1. The van der Waals surface area contributed by atoms with Crippen LogP contribution in [0.2, 0.25) is 0 Å². The predicted octanol–water partition coefficient (Wildman–Crippen LogP) is 4.91. The number of amides is 4. The minimum Gasteiger partial charge on any atom is -0.508 e. The summed E-state index contributed by atoms with van der Waals surface area (Å²) in [6, 6.07) is 26.4. The summed E-state index contributed by atoms with van der Waals surface area (Å²) in [4.78, 5) is 65.6. The molecule has 4 atom stereocenters. The molecule has 5 rings (SSSR count). The Morgan fingerprint density at radius 1 is 0.683 bits per heavy atom. The zero-order chi connectivity index (χ0) is 44.5. The summed E-state index contributed by atoms with van der Waals surface area (Å²) in [7, 11) is 0. The number of aromatic amines is 1. The van der Waals surface area contributed by atoms with E-state index >= 15 is 0 Å². The quantitative estimate of drug-likeness (QED) is 0.0579. The van der Waals surface area contributed by atoms with E-state index < -0.39 is 48.4 Å². The number of hydrogen-bond donors (Lipinski definition) is 9. The van der Waals surface area contributed by atoms with Gasteiger partial charge in [0.2, 0.25) is 24.1 Å². The Balaban J connectivity index is 0.000000654. The molecule has 0 aliphatic carbocycles. The van der Waals surface area contributed by atoms with Gasteiger partial charge in [-0.05, 0) is 65.9 Å². The largest absolute Gasteiger partial charge is 0.508 e. The van der Waals surface area contributed by atoms with Gasteiger partial charge in [-0.15, -0.1) is 0 Å². The third-order valence-corrected chi connectivity index (χ3v) is 8.53. The highest BCUT2D eigenvalue weighted by atomic mass is 16.4. The summed E-state index contributed by atoms with van der Waals surface area (Å²) in [6.45, 7) is 9.67. The van der Waals surface area contributed by atoms with Crippen LogP contribution in [0.15, 0.2) is 109 Å². The average molecular weight is 825 g/mol. The monoisotopic (exact) mass is 824 g/mol. The smallest absolute Gasteiger partial charge is 0.326 e. The second kappa shape index (κ2) is 27.1. The van der Waals surface area contributed by atoms with Crippen LogP contribution in [0, 0.1) is 0 Å². The van der Waals surface area contributed by atoms with Crippen LogP contribution in [-0.2, 0) is 49.7 Å². The molecule has 0 radical (unpaired) electrons. The van der Waals surface area contributed by atoms with Gasteiger partial charge >= 0.3 is 5.97 Å². The van der Waals surface area contributed by atoms with E-state index in [0.29, 0.717) is 17.7 Å². The maximum Gasteiger partial charge on any atom is 0.326 e. The number of nitrogens with one attached hydrogen (secondary N) is 5. The van der Waals surface area contributed by atoms with E-state index in [-0.39, 0.29) is 31.1 Å². The molecule has 14 heteroatoms. The molecule has 14 nitrogen and oxygen atoms in total.